The second-order valence-electron chi connectivity index (χ2n) is 11.9. The Morgan fingerprint density at radius 2 is 1.71 bits per heavy atom. The molecule has 0 amide bonds. The van der Waals surface area contributed by atoms with Crippen molar-refractivity contribution in [3.63, 3.8) is 0 Å². The molecule has 0 saturated carbocycles. The number of carbonyl (C=O) groups is 3. The highest BCUT2D eigenvalue weighted by Crippen LogP contribution is 2.44. The van der Waals surface area contributed by atoms with E-state index in [1.165, 1.54) is 12.0 Å². The minimum absolute atomic E-state index is 0.0596. The molecule has 0 N–H and O–H groups in total. The van der Waals surface area contributed by atoms with Crippen LogP contribution in [0, 0.1) is 11.3 Å². The second-order valence-corrected chi connectivity index (χ2v) is 11.9. The van der Waals surface area contributed by atoms with Gasteiger partial charge in [-0.1, -0.05) is 101 Å². The van der Waals surface area contributed by atoms with E-state index in [4.69, 9.17) is 14.2 Å². The van der Waals surface area contributed by atoms with Crippen LogP contribution in [0.2, 0.25) is 0 Å². The number of ketones is 1. The summed E-state index contributed by atoms with van der Waals surface area (Å²) in [4.78, 5) is 37.7. The third-order valence-electron chi connectivity index (χ3n) is 8.56. The number of hydrogen-bond acceptors (Lipinski definition) is 6. The zero-order valence-corrected chi connectivity index (χ0v) is 26.2. The van der Waals surface area contributed by atoms with Gasteiger partial charge in [0.05, 0.1) is 0 Å². The zero-order valence-electron chi connectivity index (χ0n) is 26.2. The van der Waals surface area contributed by atoms with Crippen molar-refractivity contribution < 1.29 is 28.6 Å². The summed E-state index contributed by atoms with van der Waals surface area (Å²) in [5.74, 6) is -0.169. The van der Waals surface area contributed by atoms with Gasteiger partial charge in [0.1, 0.15) is 12.7 Å². The van der Waals surface area contributed by atoms with E-state index in [-0.39, 0.29) is 24.2 Å². The van der Waals surface area contributed by atoms with Gasteiger partial charge in [0, 0.05) is 12.0 Å². The Bertz CT molecular complexity index is 1020. The minimum Gasteiger partial charge on any atom is -0.454 e. The number of ether oxygens (including phenoxy) is 3. The maximum atomic E-state index is 12.6. The lowest BCUT2D eigenvalue weighted by atomic mass is 9.76. The lowest BCUT2D eigenvalue weighted by Crippen LogP contribution is -2.26. The van der Waals surface area contributed by atoms with E-state index in [0.717, 1.165) is 50.5 Å². The Morgan fingerprint density at radius 1 is 1.00 bits per heavy atom. The molecule has 6 heteroatoms. The van der Waals surface area contributed by atoms with Crippen LogP contribution in [-0.2, 0) is 19.0 Å². The predicted octanol–water partition coefficient (Wildman–Crippen LogP) is 9.18. The molecule has 0 heterocycles. The quantitative estimate of drug-likeness (QED) is 0.0760. The first-order valence-corrected chi connectivity index (χ1v) is 15.6. The average molecular weight is 569 g/mol. The molecule has 6 nitrogen and oxygen atoms in total. The van der Waals surface area contributed by atoms with Gasteiger partial charge in [-0.15, -0.1) is 0 Å². The molecule has 0 radical (unpaired) electrons. The van der Waals surface area contributed by atoms with E-state index < -0.39 is 24.3 Å². The number of unbranched alkanes of at least 4 members (excludes halogenated alkanes) is 4. The number of hydrogen-bond donors (Lipinski definition) is 0. The molecule has 2 rings (SSSR count). The molecule has 1 aliphatic rings. The molecular weight excluding hydrogens is 516 g/mol. The van der Waals surface area contributed by atoms with Crippen molar-refractivity contribution in [1.29, 1.82) is 0 Å². The first-order valence-electron chi connectivity index (χ1n) is 15.6. The number of esters is 1. The van der Waals surface area contributed by atoms with E-state index in [1.807, 2.05) is 6.07 Å². The van der Waals surface area contributed by atoms with Gasteiger partial charge in [0.15, 0.2) is 6.10 Å². The van der Waals surface area contributed by atoms with Crippen LogP contribution >= 0.6 is 0 Å². The van der Waals surface area contributed by atoms with Crippen LogP contribution in [-0.4, -0.2) is 36.7 Å². The largest absolute Gasteiger partial charge is 0.508 e. The van der Waals surface area contributed by atoms with Crippen molar-refractivity contribution in [2.75, 3.05) is 6.61 Å². The molecular formula is C35H52O6. The molecule has 1 aromatic carbocycles. The third-order valence-corrected chi connectivity index (χ3v) is 8.56. The third kappa shape index (κ3) is 11.9. The lowest BCUT2D eigenvalue weighted by molar-refractivity contribution is -0.147. The lowest BCUT2D eigenvalue weighted by Gasteiger charge is -2.29. The van der Waals surface area contributed by atoms with Gasteiger partial charge in [-0.3, -0.25) is 9.59 Å². The van der Waals surface area contributed by atoms with Gasteiger partial charge in [-0.25, -0.2) is 4.79 Å². The smallest absolute Gasteiger partial charge is 0.454 e. The van der Waals surface area contributed by atoms with E-state index in [1.54, 1.807) is 31.2 Å². The molecule has 0 bridgehead atoms. The van der Waals surface area contributed by atoms with Crippen LogP contribution in [0.5, 0.6) is 0 Å². The highest BCUT2D eigenvalue weighted by atomic mass is 16.7. The number of allylic oxidation sites excluding steroid dienone is 3. The molecule has 1 aromatic rings. The second kappa shape index (κ2) is 17.8. The van der Waals surface area contributed by atoms with E-state index in [0.29, 0.717) is 24.3 Å². The Hall–Kier alpha value is -2.89. The molecule has 228 valence electrons. The van der Waals surface area contributed by atoms with Crippen LogP contribution in [0.15, 0.2) is 53.6 Å². The first kappa shape index (κ1) is 34.3. The van der Waals surface area contributed by atoms with Crippen LogP contribution in [0.4, 0.5) is 4.79 Å². The fraction of sp³-hybridized carbons (Fsp3) is 0.629. The fourth-order valence-electron chi connectivity index (χ4n) is 5.19. The number of Topliss-reactive ketones (excluding diaryl/α,β-unsaturated/α-hetero) is 1. The SMILES string of the molecule is CCCCCCCC(CCC(=O)OC(C)C(=O)c1ccccc1)OC(=O)OCC(=CCC1CC=C(C)C1(C)C)CC. The van der Waals surface area contributed by atoms with Crippen molar-refractivity contribution in [1.82, 2.24) is 0 Å². The maximum Gasteiger partial charge on any atom is 0.508 e. The molecule has 1 aliphatic carbocycles. The molecule has 0 fully saturated rings. The van der Waals surface area contributed by atoms with E-state index in [9.17, 15) is 14.4 Å². The van der Waals surface area contributed by atoms with Gasteiger partial charge in [0.25, 0.3) is 0 Å². The molecule has 0 aliphatic heterocycles. The van der Waals surface area contributed by atoms with Gasteiger partial charge in [0.2, 0.25) is 5.78 Å². The molecule has 3 unspecified atom stereocenters. The van der Waals surface area contributed by atoms with Crippen molar-refractivity contribution >= 4 is 17.9 Å². The zero-order chi connectivity index (χ0) is 30.3. The van der Waals surface area contributed by atoms with Crippen molar-refractivity contribution in [3.8, 4) is 0 Å². The monoisotopic (exact) mass is 568 g/mol. The summed E-state index contributed by atoms with van der Waals surface area (Å²) >= 11 is 0. The first-order chi connectivity index (χ1) is 19.6. The van der Waals surface area contributed by atoms with Gasteiger partial charge >= 0.3 is 12.1 Å². The molecule has 0 aromatic heterocycles. The number of carbonyl (C=O) groups excluding carboxylic acids is 3. The maximum absolute atomic E-state index is 12.6. The molecule has 0 saturated heterocycles. The summed E-state index contributed by atoms with van der Waals surface area (Å²) < 4.78 is 16.6. The number of benzene rings is 1. The normalized spacial score (nSPS) is 17.9. The minimum atomic E-state index is -0.878. The van der Waals surface area contributed by atoms with Crippen molar-refractivity contribution in [2.45, 2.75) is 124 Å². The van der Waals surface area contributed by atoms with Crippen LogP contribution in [0.3, 0.4) is 0 Å². The summed E-state index contributed by atoms with van der Waals surface area (Å²) in [5.41, 5.74) is 3.21. The fourth-order valence-corrected chi connectivity index (χ4v) is 5.19. The summed E-state index contributed by atoms with van der Waals surface area (Å²) in [6.07, 6.45) is 11.8. The molecule has 3 atom stereocenters. The molecule has 41 heavy (non-hydrogen) atoms. The van der Waals surface area contributed by atoms with Gasteiger partial charge in [-0.2, -0.15) is 0 Å². The summed E-state index contributed by atoms with van der Waals surface area (Å²) in [6.45, 7) is 12.8. The number of rotatable bonds is 18. The van der Waals surface area contributed by atoms with E-state index >= 15 is 0 Å². The van der Waals surface area contributed by atoms with Crippen molar-refractivity contribution in [2.24, 2.45) is 11.3 Å². The van der Waals surface area contributed by atoms with E-state index in [2.05, 4.69) is 46.8 Å². The Morgan fingerprint density at radius 3 is 2.34 bits per heavy atom. The highest BCUT2D eigenvalue weighted by Gasteiger charge is 2.34. The molecule has 0 spiro atoms. The topological polar surface area (TPSA) is 78.9 Å². The van der Waals surface area contributed by atoms with Gasteiger partial charge in [-0.05, 0) is 69.3 Å². The van der Waals surface area contributed by atoms with Gasteiger partial charge < -0.3 is 14.2 Å². The van der Waals surface area contributed by atoms with Crippen LogP contribution in [0.1, 0.15) is 123 Å². The Balaban J connectivity index is 1.86. The Kier molecular flexibility index (Phi) is 14.9. The highest BCUT2D eigenvalue weighted by molar-refractivity contribution is 6.00. The standard InChI is InChI=1S/C35H52O6/c1-7-9-10-11-15-18-31(23-24-32(36)40-27(4)33(37)29-16-13-12-14-17-29)41-34(38)39-25-28(8-2)20-22-30-21-19-26(3)35(30,5)6/h12-14,16-17,19-20,27,30-31H,7-11,15,18,21-25H2,1-6H3. The average Bonchev–Trinajstić information content (AvgIpc) is 3.22. The van der Waals surface area contributed by atoms with Crippen LogP contribution < -0.4 is 0 Å². The summed E-state index contributed by atoms with van der Waals surface area (Å²) in [6, 6.07) is 8.78. The summed E-state index contributed by atoms with van der Waals surface area (Å²) in [5, 5.41) is 0. The van der Waals surface area contributed by atoms with Crippen molar-refractivity contribution in [3.05, 3.63) is 59.2 Å². The van der Waals surface area contributed by atoms with Crippen LogP contribution in [0.25, 0.3) is 0 Å². The summed E-state index contributed by atoms with van der Waals surface area (Å²) in [7, 11) is 0. The Labute approximate surface area is 247 Å². The predicted molar refractivity (Wildman–Crippen MR) is 164 cm³/mol.